The summed E-state index contributed by atoms with van der Waals surface area (Å²) in [7, 11) is 0. The Morgan fingerprint density at radius 2 is 2.09 bits per heavy atom. The molecule has 1 nitrogen and oxygen atoms in total. The first-order valence-corrected chi connectivity index (χ1v) is 3.74. The van der Waals surface area contributed by atoms with E-state index in [9.17, 15) is 13.2 Å². The highest BCUT2D eigenvalue weighted by Gasteiger charge is 2.33. The highest BCUT2D eigenvalue weighted by molar-refractivity contribution is 9.18. The lowest BCUT2D eigenvalue weighted by molar-refractivity contribution is -0.0924. The second-order valence-corrected chi connectivity index (χ2v) is 3.04. The molecule has 0 saturated heterocycles. The van der Waals surface area contributed by atoms with E-state index in [0.717, 1.165) is 6.08 Å². The van der Waals surface area contributed by atoms with E-state index in [1.807, 2.05) is 0 Å². The van der Waals surface area contributed by atoms with Crippen LogP contribution in [0.3, 0.4) is 0 Å². The third-order valence-corrected chi connectivity index (χ3v) is 1.88. The summed E-state index contributed by atoms with van der Waals surface area (Å²) >= 11 is 3.02. The fourth-order valence-corrected chi connectivity index (χ4v) is 1.00. The number of halogens is 4. The molecule has 62 valence electrons. The van der Waals surface area contributed by atoms with E-state index in [-0.39, 0.29) is 13.0 Å². The van der Waals surface area contributed by atoms with Crippen LogP contribution in [0.5, 0.6) is 0 Å². The summed E-state index contributed by atoms with van der Waals surface area (Å²) in [6.07, 6.45) is -2.82. The molecule has 0 aromatic carbocycles. The van der Waals surface area contributed by atoms with Gasteiger partial charge in [-0.3, -0.25) is 4.99 Å². The van der Waals surface area contributed by atoms with Crippen molar-refractivity contribution in [2.45, 2.75) is 12.6 Å². The Balaban J connectivity index is 2.66. The van der Waals surface area contributed by atoms with Crippen LogP contribution in [-0.2, 0) is 0 Å². The number of aliphatic imine (C=N–C) groups is 1. The van der Waals surface area contributed by atoms with E-state index in [0.29, 0.717) is 4.62 Å². The van der Waals surface area contributed by atoms with Crippen LogP contribution in [0.4, 0.5) is 13.2 Å². The van der Waals surface area contributed by atoms with Crippen molar-refractivity contribution in [1.82, 2.24) is 0 Å². The van der Waals surface area contributed by atoms with Gasteiger partial charge in [0.15, 0.2) is 0 Å². The van der Waals surface area contributed by atoms with E-state index in [4.69, 9.17) is 0 Å². The number of allylic oxidation sites excluding steroid dienone is 1. The molecule has 1 heterocycles. The van der Waals surface area contributed by atoms with Crippen molar-refractivity contribution < 1.29 is 13.2 Å². The average molecular weight is 228 g/mol. The molecule has 5 heteroatoms. The highest BCUT2D eigenvalue weighted by Crippen LogP contribution is 2.28. The number of nitrogens with zero attached hydrogens (tertiary/aromatic N) is 1. The Hall–Kier alpha value is -0.320. The normalized spacial score (nSPS) is 19.3. The molecule has 0 aromatic heterocycles. The van der Waals surface area contributed by atoms with Crippen molar-refractivity contribution in [1.29, 1.82) is 0 Å². The van der Waals surface area contributed by atoms with Gasteiger partial charge in [0.2, 0.25) is 0 Å². The van der Waals surface area contributed by atoms with E-state index in [2.05, 4.69) is 20.9 Å². The van der Waals surface area contributed by atoms with Gasteiger partial charge in [0, 0.05) is 6.42 Å². The summed E-state index contributed by atoms with van der Waals surface area (Å²) in [4.78, 5) is 3.62. The van der Waals surface area contributed by atoms with Crippen molar-refractivity contribution in [3.63, 3.8) is 0 Å². The molecular formula is C6H5BrF3N. The van der Waals surface area contributed by atoms with Crippen LogP contribution in [0.25, 0.3) is 0 Å². The molecule has 1 rings (SSSR count). The molecule has 0 aliphatic carbocycles. The van der Waals surface area contributed by atoms with Crippen LogP contribution in [0.1, 0.15) is 6.42 Å². The largest absolute Gasteiger partial charge is 0.414 e. The maximum atomic E-state index is 11.9. The van der Waals surface area contributed by atoms with Gasteiger partial charge in [-0.15, -0.1) is 0 Å². The van der Waals surface area contributed by atoms with Gasteiger partial charge < -0.3 is 0 Å². The molecule has 1 aliphatic rings. The van der Waals surface area contributed by atoms with E-state index >= 15 is 0 Å². The average Bonchev–Trinajstić information content (AvgIpc) is 1.86. The van der Waals surface area contributed by atoms with Crippen LogP contribution >= 0.6 is 15.9 Å². The Kier molecular flexibility index (Phi) is 2.37. The fraction of sp³-hybridized carbons (Fsp3) is 0.500. The molecule has 0 amide bonds. The van der Waals surface area contributed by atoms with Crippen LogP contribution in [-0.4, -0.2) is 17.3 Å². The smallest absolute Gasteiger partial charge is 0.277 e. The van der Waals surface area contributed by atoms with Crippen molar-refractivity contribution in [3.8, 4) is 0 Å². The summed E-state index contributed by atoms with van der Waals surface area (Å²) in [5.41, 5.74) is -0.555. The number of hydrogen-bond donors (Lipinski definition) is 0. The van der Waals surface area contributed by atoms with Gasteiger partial charge in [-0.05, 0) is 15.9 Å². The van der Waals surface area contributed by atoms with Gasteiger partial charge in [0.1, 0.15) is 0 Å². The Bertz CT molecular complexity index is 216. The van der Waals surface area contributed by atoms with Crippen LogP contribution in [0, 0.1) is 0 Å². The van der Waals surface area contributed by atoms with Crippen LogP contribution < -0.4 is 0 Å². The minimum atomic E-state index is -4.21. The molecular weight excluding hydrogens is 223 g/mol. The van der Waals surface area contributed by atoms with Crippen molar-refractivity contribution in [2.75, 3.05) is 6.54 Å². The molecule has 0 aromatic rings. The van der Waals surface area contributed by atoms with Crippen molar-refractivity contribution in [3.05, 3.63) is 11.6 Å². The topological polar surface area (TPSA) is 12.4 Å². The van der Waals surface area contributed by atoms with E-state index in [1.54, 1.807) is 0 Å². The Morgan fingerprint density at radius 3 is 2.45 bits per heavy atom. The quantitative estimate of drug-likeness (QED) is 0.565. The maximum Gasteiger partial charge on any atom is 0.414 e. The van der Waals surface area contributed by atoms with Gasteiger partial charge in [-0.1, -0.05) is 6.08 Å². The number of dihydropyridines is 1. The molecule has 0 bridgehead atoms. The molecule has 1 aliphatic heterocycles. The standard InChI is InChI=1S/C6H5BrF3N/c7-5-2-1-4(3-11-5)6(8,9)10/h1H,2-3H2. The monoisotopic (exact) mass is 227 g/mol. The van der Waals surface area contributed by atoms with Crippen molar-refractivity contribution >= 4 is 20.6 Å². The minimum absolute atomic E-state index is 0.245. The number of rotatable bonds is 0. The zero-order valence-corrected chi connectivity index (χ0v) is 7.04. The molecule has 0 radical (unpaired) electrons. The molecule has 0 atom stereocenters. The second-order valence-electron chi connectivity index (χ2n) is 2.12. The predicted molar refractivity (Wildman–Crippen MR) is 40.0 cm³/mol. The number of alkyl halides is 3. The van der Waals surface area contributed by atoms with Gasteiger partial charge in [-0.2, -0.15) is 13.2 Å². The first-order valence-electron chi connectivity index (χ1n) is 2.95. The van der Waals surface area contributed by atoms with E-state index < -0.39 is 11.7 Å². The molecule has 0 spiro atoms. The molecule has 11 heavy (non-hydrogen) atoms. The lowest BCUT2D eigenvalue weighted by atomic mass is 10.2. The summed E-state index contributed by atoms with van der Waals surface area (Å²) < 4.78 is 36.3. The third-order valence-electron chi connectivity index (χ3n) is 1.30. The molecule has 0 unspecified atom stereocenters. The summed E-state index contributed by atoms with van der Waals surface area (Å²) in [6.45, 7) is -0.260. The fourth-order valence-electron chi connectivity index (χ4n) is 0.713. The third kappa shape index (κ3) is 2.32. The predicted octanol–water partition coefficient (Wildman–Crippen LogP) is 2.67. The van der Waals surface area contributed by atoms with Gasteiger partial charge in [0.05, 0.1) is 16.7 Å². The van der Waals surface area contributed by atoms with Gasteiger partial charge in [-0.25, -0.2) is 0 Å². The van der Waals surface area contributed by atoms with Crippen molar-refractivity contribution in [2.24, 2.45) is 4.99 Å². The molecule has 0 saturated carbocycles. The van der Waals surface area contributed by atoms with Crippen LogP contribution in [0.15, 0.2) is 16.6 Å². The Morgan fingerprint density at radius 1 is 1.45 bits per heavy atom. The van der Waals surface area contributed by atoms with Gasteiger partial charge >= 0.3 is 6.18 Å². The summed E-state index contributed by atoms with van der Waals surface area (Å²) in [5.74, 6) is 0. The minimum Gasteiger partial charge on any atom is -0.277 e. The van der Waals surface area contributed by atoms with Gasteiger partial charge in [0.25, 0.3) is 0 Å². The molecule has 0 N–H and O–H groups in total. The number of hydrogen-bond acceptors (Lipinski definition) is 1. The highest BCUT2D eigenvalue weighted by atomic mass is 79.9. The zero-order valence-electron chi connectivity index (χ0n) is 5.45. The lowest BCUT2D eigenvalue weighted by Crippen LogP contribution is -2.17. The summed E-state index contributed by atoms with van der Waals surface area (Å²) in [6, 6.07) is 0. The second kappa shape index (κ2) is 2.97. The lowest BCUT2D eigenvalue weighted by Gasteiger charge is -2.12. The summed E-state index contributed by atoms with van der Waals surface area (Å²) in [5, 5.41) is 0. The zero-order chi connectivity index (χ0) is 8.48. The first-order chi connectivity index (χ1) is 5.00. The van der Waals surface area contributed by atoms with E-state index in [1.165, 1.54) is 0 Å². The Labute approximate surface area is 70.1 Å². The first kappa shape index (κ1) is 8.77. The van der Waals surface area contributed by atoms with Crippen LogP contribution in [0.2, 0.25) is 0 Å². The molecule has 0 fully saturated rings. The maximum absolute atomic E-state index is 11.9. The SMILES string of the molecule is FC(F)(F)C1=CCC(Br)=NC1.